The molecular formula is C47H87NO10. The van der Waals surface area contributed by atoms with E-state index in [9.17, 15) is 40.5 Å². The number of hydrogen-bond acceptors (Lipinski definition) is 10. The zero-order chi connectivity index (χ0) is 42.6. The molecule has 0 aromatic carbocycles. The van der Waals surface area contributed by atoms with Crippen LogP contribution in [0, 0.1) is 0 Å². The molecule has 58 heavy (non-hydrogen) atoms. The first-order valence-electron chi connectivity index (χ1n) is 23.4. The number of aliphatic hydroxyl groups is 7. The van der Waals surface area contributed by atoms with Gasteiger partial charge in [-0.05, 0) is 70.6 Å². The summed E-state index contributed by atoms with van der Waals surface area (Å²) < 4.78 is 11.0. The lowest BCUT2D eigenvalue weighted by Crippen LogP contribution is -2.60. The fraction of sp³-hybridized carbons (Fsp3) is 0.851. The van der Waals surface area contributed by atoms with Gasteiger partial charge in [0, 0.05) is 0 Å². The first-order valence-corrected chi connectivity index (χ1v) is 23.4. The Balaban J connectivity index is 2.39. The first kappa shape index (κ1) is 54.3. The van der Waals surface area contributed by atoms with Crippen LogP contribution < -0.4 is 5.32 Å². The topological polar surface area (TPSA) is 189 Å². The second-order valence-electron chi connectivity index (χ2n) is 16.5. The van der Waals surface area contributed by atoms with Crippen LogP contribution >= 0.6 is 0 Å². The third-order valence-electron chi connectivity index (χ3n) is 11.2. The lowest BCUT2D eigenvalue weighted by molar-refractivity contribution is -0.303. The van der Waals surface area contributed by atoms with Crippen molar-refractivity contribution in [1.82, 2.24) is 5.32 Å². The Hall–Kier alpha value is -1.67. The summed E-state index contributed by atoms with van der Waals surface area (Å²) in [4.78, 5) is 13.0. The number of carbonyl (C=O) groups excluding carboxylic acids is 1. The highest BCUT2D eigenvalue weighted by Gasteiger charge is 2.44. The highest BCUT2D eigenvalue weighted by atomic mass is 16.7. The van der Waals surface area contributed by atoms with Gasteiger partial charge in [0.2, 0.25) is 5.91 Å². The van der Waals surface area contributed by atoms with E-state index in [1.807, 2.05) is 0 Å². The van der Waals surface area contributed by atoms with Gasteiger partial charge >= 0.3 is 0 Å². The Kier molecular flexibility index (Phi) is 34.8. The lowest BCUT2D eigenvalue weighted by Gasteiger charge is -2.40. The monoisotopic (exact) mass is 826 g/mol. The van der Waals surface area contributed by atoms with Gasteiger partial charge in [0.15, 0.2) is 6.29 Å². The number of allylic oxidation sites excluding steroid dienone is 6. The van der Waals surface area contributed by atoms with Crippen LogP contribution in [0.1, 0.15) is 187 Å². The summed E-state index contributed by atoms with van der Waals surface area (Å²) in [5.41, 5.74) is 0. The van der Waals surface area contributed by atoms with E-state index in [0.717, 1.165) is 64.2 Å². The van der Waals surface area contributed by atoms with E-state index in [0.29, 0.717) is 12.8 Å². The van der Waals surface area contributed by atoms with Crippen LogP contribution in [-0.2, 0) is 14.3 Å². The maximum absolute atomic E-state index is 13.0. The molecule has 9 unspecified atom stereocenters. The van der Waals surface area contributed by atoms with Crippen LogP contribution in [-0.4, -0.2) is 110 Å². The molecule has 0 radical (unpaired) electrons. The predicted molar refractivity (Wildman–Crippen MR) is 233 cm³/mol. The standard InChI is InChI=1S/C47H87NO10/c1-3-5-7-9-11-13-14-15-16-17-18-19-20-21-22-23-24-25-27-29-31-33-35-40(51)46(56)48-38(37-57-47-45(55)44(54)43(53)41(36-49)58-47)42(52)39(50)34-32-30-28-26-12-10-8-6-4-2/h18-19,21-22,26,28,38-45,47,49-55H,3-17,20,23-25,27,29-37H2,1-2H3,(H,48,56)/b19-18-,22-21-,28-26+. The number of carbonyl (C=O) groups is 1. The molecule has 1 heterocycles. The fourth-order valence-electron chi connectivity index (χ4n) is 7.23. The third kappa shape index (κ3) is 26.5. The maximum atomic E-state index is 13.0. The highest BCUT2D eigenvalue weighted by Crippen LogP contribution is 2.23. The van der Waals surface area contributed by atoms with Crippen molar-refractivity contribution in [3.8, 4) is 0 Å². The molecule has 340 valence electrons. The lowest BCUT2D eigenvalue weighted by atomic mass is 9.98. The van der Waals surface area contributed by atoms with Crippen molar-refractivity contribution in [2.24, 2.45) is 0 Å². The number of hydrogen-bond donors (Lipinski definition) is 8. The average Bonchev–Trinajstić information content (AvgIpc) is 3.22. The largest absolute Gasteiger partial charge is 0.394 e. The first-order chi connectivity index (χ1) is 28.2. The molecule has 9 atom stereocenters. The molecule has 11 heteroatoms. The predicted octanol–water partition coefficient (Wildman–Crippen LogP) is 7.61. The summed E-state index contributed by atoms with van der Waals surface area (Å²) in [5, 5.41) is 75.4. The Morgan fingerprint density at radius 1 is 0.603 bits per heavy atom. The highest BCUT2D eigenvalue weighted by molar-refractivity contribution is 5.80. The van der Waals surface area contributed by atoms with Crippen molar-refractivity contribution < 1.29 is 50.0 Å². The molecule has 0 bridgehead atoms. The van der Waals surface area contributed by atoms with Crippen molar-refractivity contribution >= 4 is 5.91 Å². The molecule has 1 fully saturated rings. The summed E-state index contributed by atoms with van der Waals surface area (Å²) in [7, 11) is 0. The van der Waals surface area contributed by atoms with E-state index in [-0.39, 0.29) is 12.8 Å². The molecular weight excluding hydrogens is 739 g/mol. The van der Waals surface area contributed by atoms with Crippen molar-refractivity contribution in [3.63, 3.8) is 0 Å². The SMILES string of the molecule is CCCCCC/C=C/CCCC(O)C(O)C(COC1OC(CO)C(O)C(O)C1O)NC(=O)C(O)CCCCCCCC/C=C\C/C=C\CCCCCCCCCCC. The number of rotatable bonds is 38. The Morgan fingerprint density at radius 3 is 1.60 bits per heavy atom. The van der Waals surface area contributed by atoms with Crippen molar-refractivity contribution in [2.75, 3.05) is 13.2 Å². The molecule has 0 spiro atoms. The second-order valence-corrected chi connectivity index (χ2v) is 16.5. The molecule has 1 saturated heterocycles. The number of unbranched alkanes of at least 4 members (excludes halogenated alkanes) is 20. The van der Waals surface area contributed by atoms with Crippen molar-refractivity contribution in [2.45, 2.75) is 242 Å². The summed E-state index contributed by atoms with van der Waals surface area (Å²) in [5.74, 6) is -0.718. The molecule has 1 aliphatic rings. The second kappa shape index (κ2) is 37.1. The van der Waals surface area contributed by atoms with E-state index in [1.54, 1.807) is 0 Å². The molecule has 11 nitrogen and oxygen atoms in total. The van der Waals surface area contributed by atoms with Crippen LogP contribution in [0.3, 0.4) is 0 Å². The van der Waals surface area contributed by atoms with Gasteiger partial charge in [-0.15, -0.1) is 0 Å². The maximum Gasteiger partial charge on any atom is 0.249 e. The van der Waals surface area contributed by atoms with E-state index in [1.165, 1.54) is 83.5 Å². The van der Waals surface area contributed by atoms with Gasteiger partial charge in [0.1, 0.15) is 36.6 Å². The molecule has 0 aromatic rings. The van der Waals surface area contributed by atoms with E-state index in [4.69, 9.17) is 9.47 Å². The van der Waals surface area contributed by atoms with E-state index in [2.05, 4.69) is 55.6 Å². The van der Waals surface area contributed by atoms with Crippen molar-refractivity contribution in [1.29, 1.82) is 0 Å². The van der Waals surface area contributed by atoms with Crippen LogP contribution in [0.4, 0.5) is 0 Å². The minimum Gasteiger partial charge on any atom is -0.394 e. The van der Waals surface area contributed by atoms with Crippen LogP contribution in [0.2, 0.25) is 0 Å². The van der Waals surface area contributed by atoms with Gasteiger partial charge in [0.25, 0.3) is 0 Å². The number of aliphatic hydroxyl groups excluding tert-OH is 7. The summed E-state index contributed by atoms with van der Waals surface area (Å²) in [6.07, 6.45) is 30.7. The molecule has 1 rings (SSSR count). The third-order valence-corrected chi connectivity index (χ3v) is 11.2. The Bertz CT molecular complexity index is 1040. The quantitative estimate of drug-likeness (QED) is 0.0227. The van der Waals surface area contributed by atoms with Gasteiger partial charge in [-0.2, -0.15) is 0 Å². The molecule has 0 aromatic heterocycles. The van der Waals surface area contributed by atoms with Crippen LogP contribution in [0.15, 0.2) is 36.5 Å². The minimum absolute atomic E-state index is 0.241. The summed E-state index contributed by atoms with van der Waals surface area (Å²) in [6.45, 7) is 3.36. The normalized spacial score (nSPS) is 22.3. The summed E-state index contributed by atoms with van der Waals surface area (Å²) in [6, 6.07) is -1.19. The zero-order valence-electron chi connectivity index (χ0n) is 36.5. The number of amides is 1. The Morgan fingerprint density at radius 2 is 1.07 bits per heavy atom. The van der Waals surface area contributed by atoms with Gasteiger partial charge in [-0.1, -0.05) is 153 Å². The van der Waals surface area contributed by atoms with Crippen molar-refractivity contribution in [3.05, 3.63) is 36.5 Å². The molecule has 0 saturated carbocycles. The molecule has 0 aliphatic carbocycles. The van der Waals surface area contributed by atoms with E-state index < -0.39 is 74.2 Å². The van der Waals surface area contributed by atoms with Gasteiger partial charge < -0.3 is 50.5 Å². The minimum atomic E-state index is -1.67. The average molecular weight is 826 g/mol. The molecule has 8 N–H and O–H groups in total. The molecule has 1 aliphatic heterocycles. The fourth-order valence-corrected chi connectivity index (χ4v) is 7.23. The van der Waals surface area contributed by atoms with Crippen LogP contribution in [0.5, 0.6) is 0 Å². The van der Waals surface area contributed by atoms with Gasteiger partial charge in [-0.25, -0.2) is 0 Å². The number of ether oxygens (including phenoxy) is 2. The summed E-state index contributed by atoms with van der Waals surface area (Å²) >= 11 is 0. The number of nitrogens with one attached hydrogen (secondary N) is 1. The van der Waals surface area contributed by atoms with Crippen LogP contribution in [0.25, 0.3) is 0 Å². The Labute approximate surface area is 352 Å². The van der Waals surface area contributed by atoms with E-state index >= 15 is 0 Å². The zero-order valence-corrected chi connectivity index (χ0v) is 36.5. The van der Waals surface area contributed by atoms with Gasteiger partial charge in [-0.3, -0.25) is 4.79 Å². The smallest absolute Gasteiger partial charge is 0.249 e. The van der Waals surface area contributed by atoms with Gasteiger partial charge in [0.05, 0.1) is 25.4 Å². The molecule has 1 amide bonds.